The Labute approximate surface area is 101 Å². The van der Waals surface area contributed by atoms with Crippen molar-refractivity contribution in [2.75, 3.05) is 18.6 Å². The minimum atomic E-state index is -2.87. The lowest BCUT2D eigenvalue weighted by Gasteiger charge is -2.00. The topological polar surface area (TPSA) is 59.1 Å². The zero-order valence-electron chi connectivity index (χ0n) is 9.86. The first-order valence-electron chi connectivity index (χ1n) is 5.21. The van der Waals surface area contributed by atoms with Gasteiger partial charge in [0.25, 0.3) is 0 Å². The molecule has 0 atom stereocenters. The zero-order chi connectivity index (χ0) is 12.2. The molecule has 1 heterocycles. The third-order valence-corrected chi connectivity index (χ3v) is 4.31. The molecule has 0 aliphatic heterocycles. The first kappa shape index (κ1) is 13.6. The Hall–Kier alpha value is -0.460. The van der Waals surface area contributed by atoms with Gasteiger partial charge in [-0.1, -0.05) is 13.8 Å². The maximum Gasteiger partial charge on any atom is 0.148 e. The van der Waals surface area contributed by atoms with Gasteiger partial charge in [-0.05, 0) is 5.92 Å². The summed E-state index contributed by atoms with van der Waals surface area (Å²) < 4.78 is 21.8. The van der Waals surface area contributed by atoms with E-state index in [2.05, 4.69) is 24.1 Å². The molecule has 1 N–H and O–H groups in total. The largest absolute Gasteiger partial charge is 0.309 e. The fourth-order valence-electron chi connectivity index (χ4n) is 1.13. The maximum atomic E-state index is 10.9. The zero-order valence-corrected chi connectivity index (χ0v) is 11.5. The highest BCUT2D eigenvalue weighted by Crippen LogP contribution is 2.21. The van der Waals surface area contributed by atoms with E-state index in [0.29, 0.717) is 19.0 Å². The lowest BCUT2D eigenvalue weighted by atomic mass is 10.2. The molecule has 4 nitrogen and oxygen atoms in total. The Morgan fingerprint density at radius 1 is 1.50 bits per heavy atom. The van der Waals surface area contributed by atoms with E-state index in [0.717, 1.165) is 5.01 Å². The Morgan fingerprint density at radius 2 is 2.19 bits per heavy atom. The van der Waals surface area contributed by atoms with Crippen molar-refractivity contribution in [1.29, 1.82) is 0 Å². The van der Waals surface area contributed by atoms with E-state index in [4.69, 9.17) is 0 Å². The van der Waals surface area contributed by atoms with Crippen molar-refractivity contribution in [2.45, 2.75) is 26.3 Å². The highest BCUT2D eigenvalue weighted by molar-refractivity contribution is 7.90. The first-order valence-corrected chi connectivity index (χ1v) is 8.09. The van der Waals surface area contributed by atoms with Crippen LogP contribution in [-0.2, 0) is 16.4 Å². The van der Waals surface area contributed by atoms with Crippen molar-refractivity contribution >= 4 is 21.2 Å². The van der Waals surface area contributed by atoms with E-state index in [-0.39, 0.29) is 5.75 Å². The monoisotopic (exact) mass is 262 g/mol. The second kappa shape index (κ2) is 5.75. The summed E-state index contributed by atoms with van der Waals surface area (Å²) >= 11 is 1.68. The summed E-state index contributed by atoms with van der Waals surface area (Å²) in [6, 6.07) is 0. The minimum absolute atomic E-state index is 0.176. The van der Waals surface area contributed by atoms with Crippen molar-refractivity contribution < 1.29 is 8.42 Å². The van der Waals surface area contributed by atoms with Crippen LogP contribution in [0, 0.1) is 0 Å². The summed E-state index contributed by atoms with van der Waals surface area (Å²) in [7, 11) is -2.87. The van der Waals surface area contributed by atoms with Gasteiger partial charge in [0.2, 0.25) is 0 Å². The summed E-state index contributed by atoms with van der Waals surface area (Å²) in [4.78, 5) is 5.54. The molecule has 0 fully saturated rings. The highest BCUT2D eigenvalue weighted by atomic mass is 32.2. The predicted molar refractivity (Wildman–Crippen MR) is 67.6 cm³/mol. The van der Waals surface area contributed by atoms with Gasteiger partial charge in [-0.2, -0.15) is 0 Å². The fraction of sp³-hybridized carbons (Fsp3) is 0.700. The van der Waals surface area contributed by atoms with E-state index in [1.54, 1.807) is 11.3 Å². The van der Waals surface area contributed by atoms with E-state index in [9.17, 15) is 8.42 Å². The Bertz CT molecular complexity index is 424. The van der Waals surface area contributed by atoms with Crippen LogP contribution in [0.25, 0.3) is 0 Å². The molecule has 0 aliphatic carbocycles. The molecule has 1 aromatic rings. The smallest absolute Gasteiger partial charge is 0.148 e. The molecule has 0 spiro atoms. The average Bonchev–Trinajstić information content (AvgIpc) is 2.59. The van der Waals surface area contributed by atoms with Gasteiger partial charge in [0.05, 0.1) is 5.75 Å². The SMILES string of the molecule is CC(C)c1cnc(CNCCS(C)(=O)=O)s1. The quantitative estimate of drug-likeness (QED) is 0.787. The molecule has 0 amide bonds. The molecular weight excluding hydrogens is 244 g/mol. The predicted octanol–water partition coefficient (Wildman–Crippen LogP) is 1.40. The first-order chi connectivity index (χ1) is 7.38. The summed E-state index contributed by atoms with van der Waals surface area (Å²) in [5, 5.41) is 4.09. The molecule has 0 radical (unpaired) electrons. The van der Waals surface area contributed by atoms with Gasteiger partial charge in [-0.15, -0.1) is 11.3 Å². The third-order valence-electron chi connectivity index (χ3n) is 2.07. The number of nitrogens with zero attached hydrogens (tertiary/aromatic N) is 1. The number of nitrogens with one attached hydrogen (secondary N) is 1. The van der Waals surface area contributed by atoms with Gasteiger partial charge < -0.3 is 5.32 Å². The molecule has 0 saturated heterocycles. The van der Waals surface area contributed by atoms with Crippen molar-refractivity contribution in [1.82, 2.24) is 10.3 Å². The summed E-state index contributed by atoms with van der Waals surface area (Å²) in [6.07, 6.45) is 3.14. The normalized spacial score (nSPS) is 12.2. The van der Waals surface area contributed by atoms with Crippen LogP contribution in [0.3, 0.4) is 0 Å². The molecule has 0 bridgehead atoms. The van der Waals surface area contributed by atoms with Crippen LogP contribution < -0.4 is 5.32 Å². The molecule has 92 valence electrons. The Morgan fingerprint density at radius 3 is 2.69 bits per heavy atom. The second-order valence-corrected chi connectivity index (χ2v) is 7.52. The number of hydrogen-bond acceptors (Lipinski definition) is 5. The van der Waals surface area contributed by atoms with Crippen LogP contribution >= 0.6 is 11.3 Å². The van der Waals surface area contributed by atoms with Crippen LogP contribution in [0.5, 0.6) is 0 Å². The van der Waals surface area contributed by atoms with Crippen molar-refractivity contribution in [2.24, 2.45) is 0 Å². The second-order valence-electron chi connectivity index (χ2n) is 4.12. The van der Waals surface area contributed by atoms with Gasteiger partial charge in [0, 0.05) is 30.4 Å². The Kier molecular flexibility index (Phi) is 4.89. The van der Waals surface area contributed by atoms with Crippen LogP contribution in [0.4, 0.5) is 0 Å². The number of sulfone groups is 1. The fourth-order valence-corrected chi connectivity index (χ4v) is 2.53. The van der Waals surface area contributed by atoms with Gasteiger partial charge >= 0.3 is 0 Å². The number of aromatic nitrogens is 1. The molecule has 0 aliphatic rings. The molecular formula is C10H18N2O2S2. The van der Waals surface area contributed by atoms with Gasteiger partial charge in [-0.3, -0.25) is 0 Å². The molecule has 1 aromatic heterocycles. The molecule has 6 heteroatoms. The van der Waals surface area contributed by atoms with Gasteiger partial charge in [0.1, 0.15) is 14.8 Å². The summed E-state index contributed by atoms with van der Waals surface area (Å²) in [5.74, 6) is 0.678. The highest BCUT2D eigenvalue weighted by Gasteiger charge is 2.05. The summed E-state index contributed by atoms with van der Waals surface area (Å²) in [6.45, 7) is 5.39. The molecule has 0 unspecified atom stereocenters. The van der Waals surface area contributed by atoms with Crippen molar-refractivity contribution in [3.8, 4) is 0 Å². The van der Waals surface area contributed by atoms with E-state index < -0.39 is 9.84 Å². The molecule has 0 saturated carbocycles. The maximum absolute atomic E-state index is 10.9. The third kappa shape index (κ3) is 5.05. The lowest BCUT2D eigenvalue weighted by Crippen LogP contribution is -2.21. The van der Waals surface area contributed by atoms with E-state index in [1.807, 2.05) is 6.20 Å². The van der Waals surface area contributed by atoms with Crippen LogP contribution in [0.15, 0.2) is 6.20 Å². The molecule has 0 aromatic carbocycles. The van der Waals surface area contributed by atoms with Crippen molar-refractivity contribution in [3.05, 3.63) is 16.1 Å². The Balaban J connectivity index is 2.32. The minimum Gasteiger partial charge on any atom is -0.309 e. The van der Waals surface area contributed by atoms with Gasteiger partial charge in [0.15, 0.2) is 0 Å². The van der Waals surface area contributed by atoms with Gasteiger partial charge in [-0.25, -0.2) is 13.4 Å². The average molecular weight is 262 g/mol. The van der Waals surface area contributed by atoms with Crippen LogP contribution in [0.2, 0.25) is 0 Å². The lowest BCUT2D eigenvalue weighted by molar-refractivity contribution is 0.596. The standard InChI is InChI=1S/C10H18N2O2S2/c1-8(2)9-6-12-10(15-9)7-11-4-5-16(3,13)14/h6,8,11H,4-5,7H2,1-3H3. The van der Waals surface area contributed by atoms with Crippen molar-refractivity contribution in [3.63, 3.8) is 0 Å². The van der Waals surface area contributed by atoms with Crippen LogP contribution in [0.1, 0.15) is 29.7 Å². The number of rotatable bonds is 6. The van der Waals surface area contributed by atoms with E-state index >= 15 is 0 Å². The molecule has 1 rings (SSSR count). The van der Waals surface area contributed by atoms with Crippen LogP contribution in [-0.4, -0.2) is 32.0 Å². The number of thiazole rings is 1. The number of hydrogen-bond donors (Lipinski definition) is 1. The summed E-state index contributed by atoms with van der Waals surface area (Å²) in [5.41, 5.74) is 0. The molecule has 16 heavy (non-hydrogen) atoms. The van der Waals surface area contributed by atoms with E-state index in [1.165, 1.54) is 11.1 Å².